The number of unbranched alkanes of at least 4 members (excludes halogenated alkanes) is 11. The number of ether oxygens (including phenoxy) is 1. The van der Waals surface area contributed by atoms with Gasteiger partial charge in [-0.3, -0.25) is 4.55 Å². The maximum Gasteiger partial charge on any atom is 1.00 e. The molecule has 0 aliphatic carbocycles. The first-order chi connectivity index (χ1) is 15.4. The van der Waals surface area contributed by atoms with Crippen LogP contribution in [0.3, 0.4) is 0 Å². The molecule has 7 heteroatoms. The third kappa shape index (κ3) is 12.2. The van der Waals surface area contributed by atoms with Crippen LogP contribution in [0.15, 0.2) is 47.4 Å². The van der Waals surface area contributed by atoms with Gasteiger partial charge in [0.15, 0.2) is 0 Å². The summed E-state index contributed by atoms with van der Waals surface area (Å²) in [6, 6.07) is 11.3. The molecule has 2 aromatic carbocycles. The first-order valence-corrected chi connectivity index (χ1v) is 13.4. The van der Waals surface area contributed by atoms with Gasteiger partial charge in [0, 0.05) is 0 Å². The van der Waals surface area contributed by atoms with Crippen molar-refractivity contribution in [2.45, 2.75) is 95.3 Å². The summed E-state index contributed by atoms with van der Waals surface area (Å²) < 4.78 is 38.7. The van der Waals surface area contributed by atoms with E-state index in [-0.39, 0.29) is 62.0 Å². The van der Waals surface area contributed by atoms with Crippen molar-refractivity contribution >= 4 is 10.1 Å². The van der Waals surface area contributed by atoms with Gasteiger partial charge in [-0.2, -0.15) is 8.42 Å². The van der Waals surface area contributed by atoms with Crippen LogP contribution < -0.4 is 61.2 Å². The zero-order chi connectivity index (χ0) is 23.2. The van der Waals surface area contributed by atoms with Gasteiger partial charge in [-0.15, -0.1) is 0 Å². The van der Waals surface area contributed by atoms with E-state index < -0.39 is 15.9 Å². The van der Waals surface area contributed by atoms with E-state index in [1.807, 2.05) is 6.07 Å². The molecular weight excluding hydrogens is 463 g/mol. The maximum atomic E-state index is 12.3. The Labute approximate surface area is 242 Å². The number of hydrogen-bond donors (Lipinski definition) is 1. The van der Waals surface area contributed by atoms with E-state index in [2.05, 4.69) is 6.92 Å². The molecule has 0 fully saturated rings. The summed E-state index contributed by atoms with van der Waals surface area (Å²) in [5, 5.41) is 12.3. The Kier molecular flexibility index (Phi) is 15.9. The molecule has 0 radical (unpaired) electrons. The molecule has 0 bridgehead atoms. The SMILES string of the molecule is CCCCCCCCCCCCCCc1cc(Oc2ccccc2)c([O-])cc1S(=O)(=O)O.[K+]. The number of aryl methyl sites for hydroxylation is 1. The van der Waals surface area contributed by atoms with Crippen LogP contribution in [0, 0.1) is 0 Å². The molecule has 178 valence electrons. The summed E-state index contributed by atoms with van der Waals surface area (Å²) in [6.07, 6.45) is 15.0. The van der Waals surface area contributed by atoms with Gasteiger partial charge in [-0.05, 0) is 42.7 Å². The molecule has 0 aromatic heterocycles. The van der Waals surface area contributed by atoms with Gasteiger partial charge in [0.1, 0.15) is 11.5 Å². The fourth-order valence-electron chi connectivity index (χ4n) is 3.87. The molecular formula is C26H37KO5S. The van der Waals surface area contributed by atoms with Crippen LogP contribution >= 0.6 is 0 Å². The standard InChI is InChI=1S/C26H38O5S.K/c1-2-3-4-5-6-7-8-9-10-11-12-14-17-22-20-25(31-23-18-15-13-16-19-23)24(27)21-26(22)32(28,29)30;/h13,15-16,18-21,27H,2-12,14,17H2,1H3,(H,28,29,30);/q;+1/p-1. The number of rotatable bonds is 16. The fraction of sp³-hybridized carbons (Fsp3) is 0.538. The Morgan fingerprint density at radius 1 is 0.818 bits per heavy atom. The Hall–Kier alpha value is -0.414. The Morgan fingerprint density at radius 2 is 1.33 bits per heavy atom. The van der Waals surface area contributed by atoms with E-state index >= 15 is 0 Å². The average molecular weight is 501 g/mol. The van der Waals surface area contributed by atoms with Crippen molar-refractivity contribution in [3.63, 3.8) is 0 Å². The molecule has 0 aliphatic rings. The van der Waals surface area contributed by atoms with Gasteiger partial charge >= 0.3 is 51.4 Å². The number of benzene rings is 2. The van der Waals surface area contributed by atoms with Crippen molar-refractivity contribution in [1.82, 2.24) is 0 Å². The second-order valence-electron chi connectivity index (χ2n) is 8.44. The normalized spacial score (nSPS) is 11.2. The van der Waals surface area contributed by atoms with Crippen molar-refractivity contribution < 1.29 is 74.2 Å². The quantitative estimate of drug-likeness (QED) is 0.213. The number of para-hydroxylation sites is 1. The molecule has 0 amide bonds. The van der Waals surface area contributed by atoms with Gasteiger partial charge < -0.3 is 9.84 Å². The molecule has 0 saturated heterocycles. The summed E-state index contributed by atoms with van der Waals surface area (Å²) in [5.74, 6) is -0.00187. The minimum Gasteiger partial charge on any atom is -0.870 e. The first-order valence-electron chi connectivity index (χ1n) is 12.0. The molecule has 0 atom stereocenters. The molecule has 0 heterocycles. The summed E-state index contributed by atoms with van der Waals surface area (Å²) >= 11 is 0. The van der Waals surface area contributed by atoms with Crippen LogP contribution in [0.2, 0.25) is 0 Å². The molecule has 1 N–H and O–H groups in total. The Bertz CT molecular complexity index is 900. The van der Waals surface area contributed by atoms with Crippen LogP contribution in [0.4, 0.5) is 0 Å². The van der Waals surface area contributed by atoms with Gasteiger partial charge in [-0.25, -0.2) is 0 Å². The van der Waals surface area contributed by atoms with Gasteiger partial charge in [0.25, 0.3) is 10.1 Å². The molecule has 5 nitrogen and oxygen atoms in total. The average Bonchev–Trinajstić information content (AvgIpc) is 2.76. The van der Waals surface area contributed by atoms with Crippen LogP contribution in [0.1, 0.15) is 89.5 Å². The van der Waals surface area contributed by atoms with E-state index in [4.69, 9.17) is 4.74 Å². The van der Waals surface area contributed by atoms with Crippen molar-refractivity contribution in [2.75, 3.05) is 0 Å². The molecule has 2 rings (SSSR count). The first kappa shape index (κ1) is 30.6. The summed E-state index contributed by atoms with van der Waals surface area (Å²) in [4.78, 5) is -0.314. The van der Waals surface area contributed by atoms with Crippen LogP contribution in [0.5, 0.6) is 17.2 Å². The zero-order valence-corrected chi connectivity index (χ0v) is 24.2. The third-order valence-corrected chi connectivity index (χ3v) is 6.61. The largest absolute Gasteiger partial charge is 1.00 e. The minimum absolute atomic E-state index is 0. The zero-order valence-electron chi connectivity index (χ0n) is 20.2. The summed E-state index contributed by atoms with van der Waals surface area (Å²) in [6.45, 7) is 2.24. The Balaban J connectivity index is 0.00000544. The maximum absolute atomic E-state index is 12.3. The predicted octanol–water partition coefficient (Wildman–Crippen LogP) is 4.05. The smallest absolute Gasteiger partial charge is 0.870 e. The van der Waals surface area contributed by atoms with Crippen LogP contribution in [-0.2, 0) is 16.5 Å². The van der Waals surface area contributed by atoms with E-state index in [1.54, 1.807) is 24.3 Å². The summed E-state index contributed by atoms with van der Waals surface area (Å²) in [5.41, 5.74) is 0.421. The van der Waals surface area contributed by atoms with Crippen molar-refractivity contribution in [3.8, 4) is 17.2 Å². The van der Waals surface area contributed by atoms with E-state index in [0.29, 0.717) is 17.7 Å². The number of hydrogen-bond acceptors (Lipinski definition) is 4. The van der Waals surface area contributed by atoms with Gasteiger partial charge in [0.2, 0.25) is 0 Å². The van der Waals surface area contributed by atoms with Gasteiger partial charge in [-0.1, -0.05) is 102 Å². The fourth-order valence-corrected chi connectivity index (χ4v) is 4.62. The van der Waals surface area contributed by atoms with E-state index in [0.717, 1.165) is 25.3 Å². The minimum atomic E-state index is -4.47. The molecule has 33 heavy (non-hydrogen) atoms. The van der Waals surface area contributed by atoms with Crippen LogP contribution in [0.25, 0.3) is 0 Å². The Morgan fingerprint density at radius 3 is 1.85 bits per heavy atom. The molecule has 0 aliphatic heterocycles. The van der Waals surface area contributed by atoms with E-state index in [1.165, 1.54) is 63.9 Å². The summed E-state index contributed by atoms with van der Waals surface area (Å²) in [7, 11) is -4.47. The molecule has 0 unspecified atom stereocenters. The molecule has 0 spiro atoms. The van der Waals surface area contributed by atoms with Crippen molar-refractivity contribution in [2.24, 2.45) is 0 Å². The van der Waals surface area contributed by atoms with Crippen molar-refractivity contribution in [3.05, 3.63) is 48.0 Å². The van der Waals surface area contributed by atoms with Crippen molar-refractivity contribution in [1.29, 1.82) is 0 Å². The topological polar surface area (TPSA) is 86.7 Å². The second kappa shape index (κ2) is 17.1. The van der Waals surface area contributed by atoms with Crippen LogP contribution in [-0.4, -0.2) is 13.0 Å². The van der Waals surface area contributed by atoms with Gasteiger partial charge in [0.05, 0.1) is 4.90 Å². The van der Waals surface area contributed by atoms with E-state index in [9.17, 15) is 18.1 Å². The second-order valence-corrected chi connectivity index (χ2v) is 9.83. The third-order valence-electron chi connectivity index (χ3n) is 5.68. The monoisotopic (exact) mass is 500 g/mol. The predicted molar refractivity (Wildman–Crippen MR) is 127 cm³/mol. The molecule has 0 saturated carbocycles. The molecule has 2 aromatic rings.